The lowest BCUT2D eigenvalue weighted by atomic mass is 9.66. The van der Waals surface area contributed by atoms with Gasteiger partial charge in [-0.3, -0.25) is 9.59 Å². The molecule has 7 heteroatoms. The monoisotopic (exact) mass is 424 g/mol. The van der Waals surface area contributed by atoms with E-state index in [9.17, 15) is 24.9 Å². The van der Waals surface area contributed by atoms with E-state index in [0.29, 0.717) is 25.7 Å². The molecule has 0 amide bonds. The molecule has 0 aromatic rings. The summed E-state index contributed by atoms with van der Waals surface area (Å²) in [4.78, 5) is 23.1. The number of fused-ring (bicyclic) bond motifs is 1. The van der Waals surface area contributed by atoms with Crippen LogP contribution in [0.1, 0.15) is 59.3 Å². The molecular formula is C23H36O7. The maximum absolute atomic E-state index is 12.4. The van der Waals surface area contributed by atoms with Crippen molar-refractivity contribution in [1.29, 1.82) is 0 Å². The molecule has 0 aliphatic heterocycles. The van der Waals surface area contributed by atoms with Crippen LogP contribution in [0.25, 0.3) is 0 Å². The highest BCUT2D eigenvalue weighted by Gasteiger charge is 2.42. The van der Waals surface area contributed by atoms with Gasteiger partial charge >= 0.3 is 11.9 Å². The zero-order valence-corrected chi connectivity index (χ0v) is 18.1. The molecule has 2 aliphatic rings. The van der Waals surface area contributed by atoms with E-state index in [4.69, 9.17) is 9.84 Å². The molecule has 4 unspecified atom stereocenters. The average Bonchev–Trinajstić information content (AvgIpc) is 2.65. The van der Waals surface area contributed by atoms with Crippen molar-refractivity contribution in [2.24, 2.45) is 23.7 Å². The number of carboxylic acids is 1. The van der Waals surface area contributed by atoms with Gasteiger partial charge in [0.15, 0.2) is 0 Å². The first-order chi connectivity index (χ1) is 14.1. The summed E-state index contributed by atoms with van der Waals surface area (Å²) >= 11 is 0. The minimum absolute atomic E-state index is 0.0156. The number of allylic oxidation sites excluding steroid dienone is 2. The van der Waals surface area contributed by atoms with Gasteiger partial charge in [0, 0.05) is 12.3 Å². The predicted octanol–water partition coefficient (Wildman–Crippen LogP) is 2.44. The third-order valence-corrected chi connectivity index (χ3v) is 6.44. The standard InChI is InChI=1S/C23H36O7/c1-4-13(2)23(29)30-20-11-17(25)9-15-6-5-14(3)19(22(15)20)8-7-16(24)10-18(26)12-21(27)28/h5-6,9,13-14,16-20,22,24-26H,4,7-8,10-12H2,1-3H3,(H,27,28)/t13-,14-,16-,17?,18?,19-,20?,22?/m0/s1. The van der Waals surface area contributed by atoms with E-state index in [0.717, 1.165) is 5.57 Å². The Morgan fingerprint density at radius 2 is 1.97 bits per heavy atom. The summed E-state index contributed by atoms with van der Waals surface area (Å²) in [5, 5.41) is 39.1. The van der Waals surface area contributed by atoms with Gasteiger partial charge in [0.1, 0.15) is 6.10 Å². The smallest absolute Gasteiger partial charge is 0.308 e. The third-order valence-electron chi connectivity index (χ3n) is 6.44. The first-order valence-electron chi connectivity index (χ1n) is 11.0. The minimum atomic E-state index is -1.10. The molecule has 2 aliphatic carbocycles. The van der Waals surface area contributed by atoms with Crippen molar-refractivity contribution in [1.82, 2.24) is 0 Å². The lowest BCUT2D eigenvalue weighted by molar-refractivity contribution is -0.159. The van der Waals surface area contributed by atoms with E-state index >= 15 is 0 Å². The molecule has 0 radical (unpaired) electrons. The Labute approximate surface area is 178 Å². The Morgan fingerprint density at radius 3 is 2.60 bits per heavy atom. The second kappa shape index (κ2) is 11.1. The SMILES string of the molecule is CC[C@H](C)C(=O)OC1CC(O)C=C2C=C[C@H](C)[C@H](CC[C@H](O)CC(O)CC(=O)O)C21. The summed E-state index contributed by atoms with van der Waals surface area (Å²) in [7, 11) is 0. The van der Waals surface area contributed by atoms with Crippen LogP contribution < -0.4 is 0 Å². The Morgan fingerprint density at radius 1 is 1.27 bits per heavy atom. The predicted molar refractivity (Wildman–Crippen MR) is 111 cm³/mol. The number of carbonyl (C=O) groups is 2. The minimum Gasteiger partial charge on any atom is -0.481 e. The van der Waals surface area contributed by atoms with E-state index in [1.807, 2.05) is 26.0 Å². The zero-order chi connectivity index (χ0) is 22.4. The van der Waals surface area contributed by atoms with Gasteiger partial charge in [-0.25, -0.2) is 0 Å². The largest absolute Gasteiger partial charge is 0.481 e. The number of esters is 1. The molecular weight excluding hydrogens is 388 g/mol. The number of carboxylic acid groups (broad SMARTS) is 1. The molecule has 4 N–H and O–H groups in total. The first-order valence-corrected chi connectivity index (χ1v) is 11.0. The molecule has 0 saturated carbocycles. The van der Waals surface area contributed by atoms with Gasteiger partial charge < -0.3 is 25.2 Å². The number of carbonyl (C=O) groups excluding carboxylic acids is 1. The second-order valence-corrected chi connectivity index (χ2v) is 8.88. The molecule has 2 rings (SSSR count). The normalized spacial score (nSPS) is 31.3. The van der Waals surface area contributed by atoms with E-state index in [1.165, 1.54) is 0 Å². The molecule has 8 atom stereocenters. The van der Waals surface area contributed by atoms with Gasteiger partial charge in [-0.15, -0.1) is 0 Å². The lowest BCUT2D eigenvalue weighted by Gasteiger charge is -2.43. The number of rotatable bonds is 10. The fourth-order valence-corrected chi connectivity index (χ4v) is 4.52. The summed E-state index contributed by atoms with van der Waals surface area (Å²) in [6.45, 7) is 5.85. The molecule has 0 spiro atoms. The van der Waals surface area contributed by atoms with E-state index in [2.05, 4.69) is 13.0 Å². The van der Waals surface area contributed by atoms with Crippen LogP contribution in [0.3, 0.4) is 0 Å². The highest BCUT2D eigenvalue weighted by Crippen LogP contribution is 2.44. The van der Waals surface area contributed by atoms with Crippen LogP contribution in [0.2, 0.25) is 0 Å². The van der Waals surface area contributed by atoms with Crippen molar-refractivity contribution in [2.75, 3.05) is 0 Å². The molecule has 0 fully saturated rings. The Bertz CT molecular complexity index is 656. The van der Waals surface area contributed by atoms with E-state index < -0.39 is 30.4 Å². The number of aliphatic hydroxyl groups excluding tert-OH is 3. The van der Waals surface area contributed by atoms with E-state index in [1.54, 1.807) is 0 Å². The van der Waals surface area contributed by atoms with Crippen LogP contribution in [-0.2, 0) is 14.3 Å². The van der Waals surface area contributed by atoms with Gasteiger partial charge in [0.05, 0.1) is 30.7 Å². The van der Waals surface area contributed by atoms with Crippen LogP contribution in [-0.4, -0.2) is 56.8 Å². The van der Waals surface area contributed by atoms with Crippen LogP contribution in [0, 0.1) is 23.7 Å². The maximum atomic E-state index is 12.4. The second-order valence-electron chi connectivity index (χ2n) is 8.88. The molecule has 7 nitrogen and oxygen atoms in total. The van der Waals surface area contributed by atoms with Gasteiger partial charge in [0.2, 0.25) is 0 Å². The number of hydrogen-bond acceptors (Lipinski definition) is 6. The number of ether oxygens (including phenoxy) is 1. The zero-order valence-electron chi connectivity index (χ0n) is 18.1. The fraction of sp³-hybridized carbons (Fsp3) is 0.739. The molecule has 0 aromatic heterocycles. The Hall–Kier alpha value is -1.70. The number of hydrogen-bond donors (Lipinski definition) is 4. The summed E-state index contributed by atoms with van der Waals surface area (Å²) in [5.74, 6) is -1.31. The lowest BCUT2D eigenvalue weighted by Crippen LogP contribution is -2.43. The highest BCUT2D eigenvalue weighted by atomic mass is 16.5. The summed E-state index contributed by atoms with van der Waals surface area (Å²) < 4.78 is 5.84. The van der Waals surface area contributed by atoms with Gasteiger partial charge in [-0.2, -0.15) is 0 Å². The molecule has 0 bridgehead atoms. The highest BCUT2D eigenvalue weighted by molar-refractivity contribution is 5.72. The van der Waals surface area contributed by atoms with Crippen molar-refractivity contribution in [3.63, 3.8) is 0 Å². The fourth-order valence-electron chi connectivity index (χ4n) is 4.52. The average molecular weight is 425 g/mol. The Kier molecular flexibility index (Phi) is 9.07. The number of aliphatic hydroxyl groups is 3. The van der Waals surface area contributed by atoms with Crippen LogP contribution in [0.4, 0.5) is 0 Å². The number of aliphatic carboxylic acids is 1. The molecule has 30 heavy (non-hydrogen) atoms. The van der Waals surface area contributed by atoms with Crippen molar-refractivity contribution in [2.45, 2.75) is 83.7 Å². The van der Waals surface area contributed by atoms with Crippen LogP contribution >= 0.6 is 0 Å². The van der Waals surface area contributed by atoms with Crippen molar-refractivity contribution in [3.05, 3.63) is 23.8 Å². The van der Waals surface area contributed by atoms with Gasteiger partial charge in [-0.1, -0.05) is 39.0 Å². The third kappa shape index (κ3) is 6.65. The van der Waals surface area contributed by atoms with Gasteiger partial charge in [-0.05, 0) is 43.1 Å². The maximum Gasteiger partial charge on any atom is 0.308 e. The Balaban J connectivity index is 2.09. The quantitative estimate of drug-likeness (QED) is 0.397. The molecule has 0 aromatic carbocycles. The van der Waals surface area contributed by atoms with E-state index in [-0.39, 0.29) is 42.5 Å². The molecule has 170 valence electrons. The summed E-state index contributed by atoms with van der Waals surface area (Å²) in [6.07, 6.45) is 4.64. The van der Waals surface area contributed by atoms with Crippen LogP contribution in [0.5, 0.6) is 0 Å². The topological polar surface area (TPSA) is 124 Å². The van der Waals surface area contributed by atoms with Crippen LogP contribution in [0.15, 0.2) is 23.8 Å². The molecule has 0 heterocycles. The van der Waals surface area contributed by atoms with Crippen molar-refractivity contribution >= 4 is 11.9 Å². The first kappa shape index (κ1) is 24.6. The molecule has 0 saturated heterocycles. The summed E-state index contributed by atoms with van der Waals surface area (Å²) in [6, 6.07) is 0. The van der Waals surface area contributed by atoms with Gasteiger partial charge in [0.25, 0.3) is 0 Å². The van der Waals surface area contributed by atoms with Crippen molar-refractivity contribution < 1.29 is 34.8 Å². The van der Waals surface area contributed by atoms with Crippen molar-refractivity contribution in [3.8, 4) is 0 Å². The summed E-state index contributed by atoms with van der Waals surface area (Å²) in [5.41, 5.74) is 0.958.